The third kappa shape index (κ3) is 32.9. The normalized spacial score (nSPS) is 14.2. The van der Waals surface area contributed by atoms with Gasteiger partial charge in [-0.05, 0) is 12.8 Å². The van der Waals surface area contributed by atoms with Gasteiger partial charge in [-0.25, -0.2) is 0 Å². The molecule has 0 bridgehead atoms. The quantitative estimate of drug-likeness (QED) is 0.0409. The van der Waals surface area contributed by atoms with Crippen LogP contribution in [-0.4, -0.2) is 57.3 Å². The average molecular weight is 698 g/mol. The first-order valence-electron chi connectivity index (χ1n) is 21.9. The van der Waals surface area contributed by atoms with Gasteiger partial charge < -0.3 is 25.7 Å². The molecule has 0 aliphatic heterocycles. The SMILES string of the molecule is CCCCCCCCCCCCCCCCCCCCCCCCCCCCC(O)C(=O)NC(CO)C(O)C(O)CCCCCCCCC. The fourth-order valence-electron chi connectivity index (χ4n) is 7.05. The Hall–Kier alpha value is -0.690. The van der Waals surface area contributed by atoms with Crippen molar-refractivity contribution in [3.05, 3.63) is 0 Å². The van der Waals surface area contributed by atoms with E-state index in [1.54, 1.807) is 0 Å². The van der Waals surface area contributed by atoms with Crippen molar-refractivity contribution >= 4 is 5.91 Å². The van der Waals surface area contributed by atoms with Crippen LogP contribution in [0.2, 0.25) is 0 Å². The molecule has 0 radical (unpaired) electrons. The standard InChI is InChI=1S/C43H87NO5/c1-3-5-7-9-11-12-13-14-15-16-17-18-19-20-21-22-23-24-25-26-27-28-29-31-33-35-37-41(47)43(49)44-39(38-45)42(48)40(46)36-34-32-30-10-8-6-4-2/h39-42,45-48H,3-38H2,1-2H3,(H,44,49). The van der Waals surface area contributed by atoms with Crippen LogP contribution in [0.25, 0.3) is 0 Å². The number of carbonyl (C=O) groups excluding carboxylic acids is 1. The van der Waals surface area contributed by atoms with Crippen LogP contribution in [0.15, 0.2) is 0 Å². The molecule has 0 saturated heterocycles. The highest BCUT2D eigenvalue weighted by Crippen LogP contribution is 2.17. The molecule has 0 aromatic carbocycles. The monoisotopic (exact) mass is 698 g/mol. The summed E-state index contributed by atoms with van der Waals surface area (Å²) in [5.41, 5.74) is 0. The minimum absolute atomic E-state index is 0.375. The maximum Gasteiger partial charge on any atom is 0.249 e. The van der Waals surface area contributed by atoms with Crippen LogP contribution in [0.5, 0.6) is 0 Å². The molecule has 0 aromatic heterocycles. The fourth-order valence-corrected chi connectivity index (χ4v) is 7.05. The molecule has 0 spiro atoms. The van der Waals surface area contributed by atoms with E-state index in [0.717, 1.165) is 38.5 Å². The lowest BCUT2D eigenvalue weighted by atomic mass is 9.99. The number of aliphatic hydroxyl groups is 4. The maximum atomic E-state index is 12.4. The van der Waals surface area contributed by atoms with E-state index in [1.165, 1.54) is 173 Å². The summed E-state index contributed by atoms with van der Waals surface area (Å²) < 4.78 is 0. The Morgan fingerprint density at radius 3 is 0.980 bits per heavy atom. The summed E-state index contributed by atoms with van der Waals surface area (Å²) >= 11 is 0. The van der Waals surface area contributed by atoms with Crippen LogP contribution in [0.4, 0.5) is 0 Å². The highest BCUT2D eigenvalue weighted by atomic mass is 16.3. The molecular weight excluding hydrogens is 610 g/mol. The highest BCUT2D eigenvalue weighted by Gasteiger charge is 2.28. The Kier molecular flexibility index (Phi) is 38.0. The summed E-state index contributed by atoms with van der Waals surface area (Å²) in [6.45, 7) is 4.00. The Bertz CT molecular complexity index is 662. The average Bonchev–Trinajstić information content (AvgIpc) is 3.11. The van der Waals surface area contributed by atoms with Gasteiger partial charge >= 0.3 is 0 Å². The van der Waals surface area contributed by atoms with Crippen molar-refractivity contribution in [1.82, 2.24) is 5.32 Å². The summed E-state index contributed by atoms with van der Waals surface area (Å²) in [6, 6.07) is -0.976. The number of carbonyl (C=O) groups is 1. The van der Waals surface area contributed by atoms with Crippen molar-refractivity contribution < 1.29 is 25.2 Å². The van der Waals surface area contributed by atoms with Crippen LogP contribution in [0.3, 0.4) is 0 Å². The van der Waals surface area contributed by atoms with Crippen LogP contribution in [0.1, 0.15) is 239 Å². The number of unbranched alkanes of at least 4 members (excludes halogenated alkanes) is 31. The maximum absolute atomic E-state index is 12.4. The number of hydrogen-bond donors (Lipinski definition) is 5. The molecule has 1 amide bonds. The molecule has 6 heteroatoms. The fraction of sp³-hybridized carbons (Fsp3) is 0.977. The Morgan fingerprint density at radius 1 is 0.429 bits per heavy atom. The minimum Gasteiger partial charge on any atom is -0.394 e. The molecular formula is C43H87NO5. The molecule has 294 valence electrons. The number of amides is 1. The zero-order chi connectivity index (χ0) is 36.0. The van der Waals surface area contributed by atoms with Crippen LogP contribution in [0, 0.1) is 0 Å². The molecule has 0 aliphatic rings. The van der Waals surface area contributed by atoms with Crippen molar-refractivity contribution in [2.75, 3.05) is 6.61 Å². The van der Waals surface area contributed by atoms with E-state index in [9.17, 15) is 25.2 Å². The molecule has 0 aliphatic carbocycles. The Morgan fingerprint density at radius 2 is 0.694 bits per heavy atom. The summed E-state index contributed by atoms with van der Waals surface area (Å²) in [7, 11) is 0. The van der Waals surface area contributed by atoms with E-state index < -0.39 is 36.9 Å². The summed E-state index contributed by atoms with van der Waals surface area (Å²) in [4.78, 5) is 12.4. The largest absolute Gasteiger partial charge is 0.394 e. The molecule has 0 heterocycles. The molecule has 4 atom stereocenters. The number of nitrogens with one attached hydrogen (secondary N) is 1. The predicted molar refractivity (Wildman–Crippen MR) is 210 cm³/mol. The molecule has 5 N–H and O–H groups in total. The van der Waals surface area contributed by atoms with Gasteiger partial charge in [-0.2, -0.15) is 0 Å². The van der Waals surface area contributed by atoms with E-state index >= 15 is 0 Å². The molecule has 0 aromatic rings. The number of rotatable bonds is 40. The van der Waals surface area contributed by atoms with Crippen molar-refractivity contribution in [2.45, 2.75) is 263 Å². The van der Waals surface area contributed by atoms with Gasteiger partial charge in [-0.15, -0.1) is 0 Å². The van der Waals surface area contributed by atoms with Gasteiger partial charge in [0.1, 0.15) is 12.2 Å². The lowest BCUT2D eigenvalue weighted by molar-refractivity contribution is -0.132. The Labute approximate surface area is 305 Å². The van der Waals surface area contributed by atoms with E-state index in [2.05, 4.69) is 19.2 Å². The van der Waals surface area contributed by atoms with Crippen molar-refractivity contribution in [1.29, 1.82) is 0 Å². The topological polar surface area (TPSA) is 110 Å². The third-order valence-corrected chi connectivity index (χ3v) is 10.6. The molecule has 0 fully saturated rings. The molecule has 4 unspecified atom stereocenters. The van der Waals surface area contributed by atoms with Gasteiger partial charge in [-0.3, -0.25) is 4.79 Å². The van der Waals surface area contributed by atoms with E-state index in [-0.39, 0.29) is 0 Å². The molecule has 0 saturated carbocycles. The Balaban J connectivity index is 3.54. The smallest absolute Gasteiger partial charge is 0.249 e. The number of aliphatic hydroxyl groups excluding tert-OH is 4. The summed E-state index contributed by atoms with van der Waals surface area (Å²) in [6.07, 6.45) is 40.3. The van der Waals surface area contributed by atoms with Gasteiger partial charge in [0.05, 0.1) is 18.8 Å². The van der Waals surface area contributed by atoms with E-state index in [4.69, 9.17) is 0 Å². The third-order valence-electron chi connectivity index (χ3n) is 10.6. The van der Waals surface area contributed by atoms with Crippen molar-refractivity contribution in [2.24, 2.45) is 0 Å². The predicted octanol–water partition coefficient (Wildman–Crippen LogP) is 11.2. The van der Waals surface area contributed by atoms with Gasteiger partial charge in [0.15, 0.2) is 0 Å². The second-order valence-corrected chi connectivity index (χ2v) is 15.4. The highest BCUT2D eigenvalue weighted by molar-refractivity contribution is 5.80. The second kappa shape index (κ2) is 38.5. The van der Waals surface area contributed by atoms with Crippen LogP contribution >= 0.6 is 0 Å². The first kappa shape index (κ1) is 48.3. The van der Waals surface area contributed by atoms with Crippen LogP contribution in [-0.2, 0) is 4.79 Å². The lowest BCUT2D eigenvalue weighted by Crippen LogP contribution is -2.53. The van der Waals surface area contributed by atoms with E-state index in [1.807, 2.05) is 0 Å². The van der Waals surface area contributed by atoms with E-state index in [0.29, 0.717) is 12.8 Å². The molecule has 49 heavy (non-hydrogen) atoms. The molecule has 6 nitrogen and oxygen atoms in total. The van der Waals surface area contributed by atoms with Gasteiger partial charge in [0, 0.05) is 0 Å². The minimum atomic E-state index is -1.25. The van der Waals surface area contributed by atoms with Gasteiger partial charge in [-0.1, -0.05) is 226 Å². The first-order chi connectivity index (χ1) is 24.0. The zero-order valence-electron chi connectivity index (χ0n) is 33.0. The van der Waals surface area contributed by atoms with Gasteiger partial charge in [0.25, 0.3) is 0 Å². The molecule has 0 rings (SSSR count). The summed E-state index contributed by atoms with van der Waals surface area (Å²) in [5, 5.41) is 43.3. The van der Waals surface area contributed by atoms with Crippen molar-refractivity contribution in [3.63, 3.8) is 0 Å². The second-order valence-electron chi connectivity index (χ2n) is 15.4. The lowest BCUT2D eigenvalue weighted by Gasteiger charge is -2.27. The van der Waals surface area contributed by atoms with Gasteiger partial charge in [0.2, 0.25) is 5.91 Å². The zero-order valence-corrected chi connectivity index (χ0v) is 33.0. The van der Waals surface area contributed by atoms with Crippen molar-refractivity contribution in [3.8, 4) is 0 Å². The van der Waals surface area contributed by atoms with Crippen LogP contribution < -0.4 is 5.32 Å². The first-order valence-corrected chi connectivity index (χ1v) is 21.9. The number of hydrogen-bond acceptors (Lipinski definition) is 5. The summed E-state index contributed by atoms with van der Waals surface area (Å²) in [5.74, 6) is -0.583.